The number of morpholine rings is 1. The lowest BCUT2D eigenvalue weighted by atomic mass is 10.0. The minimum atomic E-state index is -3.87. The van der Waals surface area contributed by atoms with Gasteiger partial charge in [-0.25, -0.2) is 26.7 Å². The van der Waals surface area contributed by atoms with E-state index >= 15 is 0 Å². The van der Waals surface area contributed by atoms with Gasteiger partial charge in [0.25, 0.3) is 10.0 Å². The molecule has 11 heteroatoms. The van der Waals surface area contributed by atoms with E-state index in [1.807, 2.05) is 19.1 Å². The summed E-state index contributed by atoms with van der Waals surface area (Å²) in [5.74, 6) is 0.399. The Bertz CT molecular complexity index is 1830. The van der Waals surface area contributed by atoms with Gasteiger partial charge in [-0.3, -0.25) is 0 Å². The number of benzene rings is 2. The first-order valence-electron chi connectivity index (χ1n) is 12.9. The van der Waals surface area contributed by atoms with Gasteiger partial charge in [0.05, 0.1) is 23.6 Å². The Hall–Kier alpha value is -3.54. The molecule has 0 unspecified atom stereocenters. The predicted molar refractivity (Wildman–Crippen MR) is 151 cm³/mol. The van der Waals surface area contributed by atoms with Crippen molar-refractivity contribution in [1.29, 1.82) is 0 Å². The molecule has 5 heterocycles. The third kappa shape index (κ3) is 4.16. The Labute approximate surface area is 229 Å². The molecule has 0 spiro atoms. The number of aromatic nitrogens is 3. The van der Waals surface area contributed by atoms with Crippen LogP contribution in [0.1, 0.15) is 16.8 Å². The van der Waals surface area contributed by atoms with Crippen LogP contribution in [0.5, 0.6) is 0 Å². The third-order valence-electron chi connectivity index (χ3n) is 7.46. The average molecular weight is 564 g/mol. The molecular weight excluding hydrogens is 537 g/mol. The van der Waals surface area contributed by atoms with Crippen molar-refractivity contribution >= 4 is 53.6 Å². The lowest BCUT2D eigenvalue weighted by molar-refractivity contribution is 0.122. The maximum absolute atomic E-state index is 14.4. The van der Waals surface area contributed by atoms with Crippen LogP contribution >= 0.6 is 11.3 Å². The summed E-state index contributed by atoms with van der Waals surface area (Å²) >= 11 is 1.57. The monoisotopic (exact) mass is 563 g/mol. The first kappa shape index (κ1) is 24.5. The quantitative estimate of drug-likeness (QED) is 0.313. The highest BCUT2D eigenvalue weighted by Crippen LogP contribution is 2.37. The SMILES string of the molecule is Cc1ccc(S(=O)(=O)n2c3c(c4cc(F)ccc42)CN(c2ccc4nc(N5CCOCC5)sc4n2)CC3)cc1. The van der Waals surface area contributed by atoms with Crippen molar-refractivity contribution in [3.05, 3.63) is 77.2 Å². The van der Waals surface area contributed by atoms with E-state index in [0.717, 1.165) is 45.5 Å². The van der Waals surface area contributed by atoms with Gasteiger partial charge in [-0.2, -0.15) is 0 Å². The minimum absolute atomic E-state index is 0.216. The molecule has 0 amide bonds. The third-order valence-corrected chi connectivity index (χ3v) is 10.2. The summed E-state index contributed by atoms with van der Waals surface area (Å²) in [7, 11) is -3.87. The number of nitrogens with zero attached hydrogens (tertiary/aromatic N) is 5. The van der Waals surface area contributed by atoms with Crippen LogP contribution in [0.4, 0.5) is 15.3 Å². The van der Waals surface area contributed by atoms with E-state index in [2.05, 4.69) is 9.80 Å². The molecule has 2 aliphatic rings. The summed E-state index contributed by atoms with van der Waals surface area (Å²) in [6.45, 7) is 5.95. The van der Waals surface area contributed by atoms with Gasteiger partial charge in [0.15, 0.2) is 5.13 Å². The highest BCUT2D eigenvalue weighted by atomic mass is 32.2. The van der Waals surface area contributed by atoms with Crippen LogP contribution in [0.25, 0.3) is 21.3 Å². The lowest BCUT2D eigenvalue weighted by Gasteiger charge is -2.29. The van der Waals surface area contributed by atoms with Gasteiger partial charge < -0.3 is 14.5 Å². The fraction of sp³-hybridized carbons (Fsp3) is 0.286. The number of fused-ring (bicyclic) bond motifs is 4. The Morgan fingerprint density at radius 3 is 2.54 bits per heavy atom. The zero-order chi connectivity index (χ0) is 26.7. The average Bonchev–Trinajstić information content (AvgIpc) is 3.52. The normalized spacial score (nSPS) is 16.3. The van der Waals surface area contributed by atoms with Crippen LogP contribution in [0.15, 0.2) is 59.5 Å². The number of thiazole rings is 1. The maximum Gasteiger partial charge on any atom is 0.268 e. The Morgan fingerprint density at radius 2 is 1.74 bits per heavy atom. The zero-order valence-corrected chi connectivity index (χ0v) is 22.9. The van der Waals surface area contributed by atoms with Gasteiger partial charge in [-0.1, -0.05) is 29.0 Å². The minimum Gasteiger partial charge on any atom is -0.378 e. The van der Waals surface area contributed by atoms with Crippen molar-refractivity contribution in [2.45, 2.75) is 24.8 Å². The second-order valence-corrected chi connectivity index (χ2v) is 12.7. The van der Waals surface area contributed by atoms with Crippen molar-refractivity contribution in [2.24, 2.45) is 0 Å². The number of aryl methyl sites for hydroxylation is 1. The molecule has 5 aromatic rings. The molecule has 0 radical (unpaired) electrons. The summed E-state index contributed by atoms with van der Waals surface area (Å²) in [4.78, 5) is 15.1. The molecular formula is C28H26FN5O3S2. The fourth-order valence-corrected chi connectivity index (χ4v) is 8.02. The van der Waals surface area contributed by atoms with Crippen LogP contribution in [-0.4, -0.2) is 55.2 Å². The van der Waals surface area contributed by atoms with Gasteiger partial charge in [-0.05, 0) is 49.4 Å². The summed E-state index contributed by atoms with van der Waals surface area (Å²) in [5.41, 5.74) is 3.83. The van der Waals surface area contributed by atoms with Gasteiger partial charge in [0.1, 0.15) is 22.0 Å². The molecule has 3 aromatic heterocycles. The molecule has 1 fully saturated rings. The van der Waals surface area contributed by atoms with Crippen molar-refractivity contribution < 1.29 is 17.5 Å². The van der Waals surface area contributed by atoms with Crippen molar-refractivity contribution in [2.75, 3.05) is 42.6 Å². The molecule has 39 heavy (non-hydrogen) atoms. The largest absolute Gasteiger partial charge is 0.378 e. The number of anilines is 2. The van der Waals surface area contributed by atoms with E-state index in [4.69, 9.17) is 14.7 Å². The Morgan fingerprint density at radius 1 is 0.949 bits per heavy atom. The van der Waals surface area contributed by atoms with E-state index in [1.54, 1.807) is 41.7 Å². The molecule has 8 nitrogen and oxygen atoms in total. The Balaban J connectivity index is 1.28. The van der Waals surface area contributed by atoms with E-state index in [0.29, 0.717) is 49.3 Å². The van der Waals surface area contributed by atoms with E-state index in [-0.39, 0.29) is 4.90 Å². The predicted octanol–water partition coefficient (Wildman–Crippen LogP) is 4.73. The van der Waals surface area contributed by atoms with Gasteiger partial charge in [-0.15, -0.1) is 0 Å². The molecule has 0 bridgehead atoms. The summed E-state index contributed by atoms with van der Waals surface area (Å²) in [6, 6.07) is 15.1. The van der Waals surface area contributed by atoms with Gasteiger partial charge in [0, 0.05) is 49.2 Å². The Kier molecular flexibility index (Phi) is 5.83. The topological polar surface area (TPSA) is 80.6 Å². The summed E-state index contributed by atoms with van der Waals surface area (Å²) in [5, 5.41) is 1.55. The summed E-state index contributed by atoms with van der Waals surface area (Å²) in [6.07, 6.45) is 0.484. The molecule has 200 valence electrons. The van der Waals surface area contributed by atoms with Crippen LogP contribution in [0.2, 0.25) is 0 Å². The number of ether oxygens (including phenoxy) is 1. The van der Waals surface area contributed by atoms with Gasteiger partial charge >= 0.3 is 0 Å². The lowest BCUT2D eigenvalue weighted by Crippen LogP contribution is -2.36. The standard InChI is InChI=1S/C28H26FN5O3S2/c1-18-2-5-20(6-3-18)39(35,36)34-24-8-4-19(29)16-21(24)22-17-33(11-10-25(22)34)26-9-7-23-27(31-26)38-28(30-23)32-12-14-37-15-13-32/h2-9,16H,10-15,17H2,1H3. The van der Waals surface area contributed by atoms with Crippen molar-refractivity contribution in [3.8, 4) is 0 Å². The van der Waals surface area contributed by atoms with Crippen LogP contribution in [0.3, 0.4) is 0 Å². The number of hydrogen-bond donors (Lipinski definition) is 0. The second-order valence-electron chi connectivity index (χ2n) is 9.93. The number of halogens is 1. The smallest absolute Gasteiger partial charge is 0.268 e. The number of pyridine rings is 1. The highest BCUT2D eigenvalue weighted by Gasteiger charge is 2.31. The van der Waals surface area contributed by atoms with E-state index < -0.39 is 15.8 Å². The first-order chi connectivity index (χ1) is 18.9. The van der Waals surface area contributed by atoms with Crippen molar-refractivity contribution in [3.63, 3.8) is 0 Å². The van der Waals surface area contributed by atoms with Crippen LogP contribution < -0.4 is 9.80 Å². The van der Waals surface area contributed by atoms with E-state index in [9.17, 15) is 12.8 Å². The van der Waals surface area contributed by atoms with Crippen LogP contribution in [0, 0.1) is 12.7 Å². The molecule has 0 atom stereocenters. The number of hydrogen-bond acceptors (Lipinski definition) is 8. The second kappa shape index (κ2) is 9.29. The van der Waals surface area contributed by atoms with Crippen molar-refractivity contribution in [1.82, 2.24) is 13.9 Å². The zero-order valence-electron chi connectivity index (χ0n) is 21.3. The maximum atomic E-state index is 14.4. The first-order valence-corrected chi connectivity index (χ1v) is 15.1. The molecule has 1 saturated heterocycles. The molecule has 7 rings (SSSR count). The molecule has 2 aliphatic heterocycles. The molecule has 0 aliphatic carbocycles. The van der Waals surface area contributed by atoms with E-state index in [1.165, 1.54) is 16.1 Å². The molecule has 2 aromatic carbocycles. The van der Waals surface area contributed by atoms with Crippen LogP contribution in [-0.2, 0) is 27.7 Å². The fourth-order valence-electron chi connectivity index (χ4n) is 5.44. The summed E-state index contributed by atoms with van der Waals surface area (Å²) < 4.78 is 49.0. The number of rotatable bonds is 4. The highest BCUT2D eigenvalue weighted by molar-refractivity contribution is 7.90. The molecule has 0 saturated carbocycles. The molecule has 0 N–H and O–H groups in total. The van der Waals surface area contributed by atoms with Gasteiger partial charge in [0.2, 0.25) is 0 Å².